The van der Waals surface area contributed by atoms with E-state index in [1.165, 1.54) is 30.5 Å². The van der Waals surface area contributed by atoms with Crippen LogP contribution in [-0.4, -0.2) is 32.7 Å². The lowest BCUT2D eigenvalue weighted by Gasteiger charge is -2.23. The van der Waals surface area contributed by atoms with Crippen molar-refractivity contribution < 1.29 is 14.6 Å². The largest absolute Gasteiger partial charge is 0.505 e. The molecule has 3 aromatic rings. The number of aryl methyl sites for hydroxylation is 1. The number of phenolic OH excluding ortho intramolecular Hbond substituents is 1. The summed E-state index contributed by atoms with van der Waals surface area (Å²) in [5, 5.41) is 20.1. The summed E-state index contributed by atoms with van der Waals surface area (Å²) in [6.45, 7) is 8.85. The van der Waals surface area contributed by atoms with Crippen LogP contribution in [0.3, 0.4) is 0 Å². The number of aromatic nitrogens is 3. The molecule has 188 valence electrons. The predicted octanol–water partition coefficient (Wildman–Crippen LogP) is 6.77. The summed E-state index contributed by atoms with van der Waals surface area (Å²) in [5.41, 5.74) is 3.64. The van der Waals surface area contributed by atoms with Gasteiger partial charge >= 0.3 is 5.97 Å². The number of carbonyl (C=O) groups is 1. The Bertz CT molecular complexity index is 1080. The van der Waals surface area contributed by atoms with Crippen molar-refractivity contribution in [2.75, 3.05) is 6.61 Å². The Morgan fingerprint density at radius 1 is 1.03 bits per heavy atom. The van der Waals surface area contributed by atoms with Crippen molar-refractivity contribution in [1.29, 1.82) is 0 Å². The first kappa shape index (κ1) is 26.5. The third-order valence-electron chi connectivity index (χ3n) is 6.11. The standard InChI is InChI=1S/C29H39N3O3/c1-5-6-7-8-9-13-18-35-27(33)17-16-22-19-24(29(2,3)4)28(34)26(20-22)32-30-21-25(31-32)23-14-11-10-12-15-23/h10-12,14-15,19-21,34H,5-9,13,16-18H2,1-4H3. The molecule has 0 spiro atoms. The molecule has 0 aliphatic heterocycles. The first-order chi connectivity index (χ1) is 16.8. The fourth-order valence-electron chi connectivity index (χ4n) is 4.05. The predicted molar refractivity (Wildman–Crippen MR) is 140 cm³/mol. The first-order valence-corrected chi connectivity index (χ1v) is 12.8. The molecule has 6 heteroatoms. The maximum atomic E-state index is 12.3. The van der Waals surface area contributed by atoms with Crippen molar-refractivity contribution in [3.63, 3.8) is 0 Å². The Morgan fingerprint density at radius 2 is 1.74 bits per heavy atom. The van der Waals surface area contributed by atoms with Crippen molar-refractivity contribution in [2.24, 2.45) is 0 Å². The zero-order chi connectivity index (χ0) is 25.3. The van der Waals surface area contributed by atoms with Crippen molar-refractivity contribution in [1.82, 2.24) is 15.0 Å². The first-order valence-electron chi connectivity index (χ1n) is 12.8. The number of aromatic hydroxyl groups is 1. The summed E-state index contributed by atoms with van der Waals surface area (Å²) in [6, 6.07) is 13.6. The normalized spacial score (nSPS) is 11.5. The van der Waals surface area contributed by atoms with E-state index in [-0.39, 0.29) is 17.1 Å². The van der Waals surface area contributed by atoms with Crippen LogP contribution in [0, 0.1) is 0 Å². The molecular weight excluding hydrogens is 438 g/mol. The number of unbranched alkanes of at least 4 members (excludes halogenated alkanes) is 5. The van der Waals surface area contributed by atoms with Crippen LogP contribution in [0.4, 0.5) is 0 Å². The minimum atomic E-state index is -0.289. The number of phenols is 1. The molecule has 2 aromatic carbocycles. The van der Waals surface area contributed by atoms with E-state index in [0.717, 1.165) is 35.2 Å². The smallest absolute Gasteiger partial charge is 0.306 e. The average molecular weight is 478 g/mol. The van der Waals surface area contributed by atoms with Crippen molar-refractivity contribution in [2.45, 2.75) is 84.5 Å². The molecule has 35 heavy (non-hydrogen) atoms. The van der Waals surface area contributed by atoms with Crippen molar-refractivity contribution in [3.8, 4) is 22.7 Å². The third-order valence-corrected chi connectivity index (χ3v) is 6.11. The van der Waals surface area contributed by atoms with E-state index in [1.54, 1.807) is 6.20 Å². The second kappa shape index (κ2) is 12.5. The fourth-order valence-corrected chi connectivity index (χ4v) is 4.05. The lowest BCUT2D eigenvalue weighted by atomic mass is 9.84. The Balaban J connectivity index is 1.70. The van der Waals surface area contributed by atoms with Gasteiger partial charge in [-0.15, -0.1) is 9.90 Å². The molecule has 0 fully saturated rings. The molecule has 0 atom stereocenters. The molecule has 0 amide bonds. The summed E-state index contributed by atoms with van der Waals surface area (Å²) in [7, 11) is 0. The highest BCUT2D eigenvalue weighted by Crippen LogP contribution is 2.36. The summed E-state index contributed by atoms with van der Waals surface area (Å²) < 4.78 is 5.44. The van der Waals surface area contributed by atoms with Gasteiger partial charge in [-0.05, 0) is 29.9 Å². The van der Waals surface area contributed by atoms with Gasteiger partial charge in [0.2, 0.25) is 0 Å². The van der Waals surface area contributed by atoms with Crippen LogP contribution in [0.1, 0.15) is 83.8 Å². The van der Waals surface area contributed by atoms with Gasteiger partial charge in [-0.1, -0.05) is 96.2 Å². The number of hydrogen-bond acceptors (Lipinski definition) is 5. The van der Waals surface area contributed by atoms with Crippen LogP contribution < -0.4 is 0 Å². The molecule has 1 heterocycles. The number of benzene rings is 2. The van der Waals surface area contributed by atoms with E-state index in [0.29, 0.717) is 25.1 Å². The summed E-state index contributed by atoms with van der Waals surface area (Å²) in [4.78, 5) is 13.8. The van der Waals surface area contributed by atoms with Gasteiger partial charge in [0.05, 0.1) is 12.8 Å². The molecule has 0 unspecified atom stereocenters. The number of carbonyl (C=O) groups excluding carboxylic acids is 1. The molecule has 3 rings (SSSR count). The summed E-state index contributed by atoms with van der Waals surface area (Å²) >= 11 is 0. The van der Waals surface area contributed by atoms with Crippen LogP contribution in [0.25, 0.3) is 16.9 Å². The molecule has 1 N–H and O–H groups in total. The van der Waals surface area contributed by atoms with Gasteiger partial charge in [-0.3, -0.25) is 4.79 Å². The maximum Gasteiger partial charge on any atom is 0.306 e. The highest BCUT2D eigenvalue weighted by Gasteiger charge is 2.23. The quantitative estimate of drug-likeness (QED) is 0.230. The second-order valence-electron chi connectivity index (χ2n) is 10.1. The molecule has 1 aromatic heterocycles. The zero-order valence-corrected chi connectivity index (χ0v) is 21.6. The van der Waals surface area contributed by atoms with Crippen molar-refractivity contribution >= 4 is 5.97 Å². The van der Waals surface area contributed by atoms with Gasteiger partial charge in [0.1, 0.15) is 17.1 Å². The van der Waals surface area contributed by atoms with E-state index >= 15 is 0 Å². The summed E-state index contributed by atoms with van der Waals surface area (Å²) in [6.07, 6.45) is 9.49. The minimum Gasteiger partial charge on any atom is -0.505 e. The number of ether oxygens (including phenoxy) is 1. The molecule has 0 radical (unpaired) electrons. The van der Waals surface area contributed by atoms with E-state index in [4.69, 9.17) is 4.74 Å². The molecule has 0 aliphatic rings. The lowest BCUT2D eigenvalue weighted by Crippen LogP contribution is -2.14. The molecule has 6 nitrogen and oxygen atoms in total. The monoisotopic (exact) mass is 477 g/mol. The molecule has 0 bridgehead atoms. The third kappa shape index (κ3) is 7.67. The highest BCUT2D eigenvalue weighted by molar-refractivity contribution is 5.70. The van der Waals surface area contributed by atoms with E-state index in [2.05, 4.69) is 37.9 Å². The van der Waals surface area contributed by atoms with E-state index in [9.17, 15) is 9.90 Å². The van der Waals surface area contributed by atoms with Crippen LogP contribution >= 0.6 is 0 Å². The van der Waals surface area contributed by atoms with Crippen LogP contribution in [0.5, 0.6) is 5.75 Å². The number of hydrogen-bond donors (Lipinski definition) is 1. The zero-order valence-electron chi connectivity index (χ0n) is 21.6. The van der Waals surface area contributed by atoms with E-state index in [1.807, 2.05) is 42.5 Å². The minimum absolute atomic E-state index is 0.155. The van der Waals surface area contributed by atoms with E-state index < -0.39 is 0 Å². The molecule has 0 saturated heterocycles. The second-order valence-corrected chi connectivity index (χ2v) is 10.1. The average Bonchev–Trinajstić information content (AvgIpc) is 3.33. The Labute approximate surface area is 209 Å². The molecule has 0 saturated carbocycles. The van der Waals surface area contributed by atoms with Gasteiger partial charge in [0, 0.05) is 17.5 Å². The SMILES string of the molecule is CCCCCCCCOC(=O)CCc1cc(-n2ncc(-c3ccccc3)n2)c(O)c(C(C)(C)C)c1. The molecular formula is C29H39N3O3. The Kier molecular flexibility index (Phi) is 9.47. The van der Waals surface area contributed by atoms with Gasteiger partial charge in [-0.25, -0.2) is 0 Å². The number of esters is 1. The fraction of sp³-hybridized carbons (Fsp3) is 0.483. The van der Waals surface area contributed by atoms with Crippen LogP contribution in [0.2, 0.25) is 0 Å². The summed E-state index contributed by atoms with van der Waals surface area (Å²) in [5.74, 6) is -0.0313. The van der Waals surface area contributed by atoms with Gasteiger partial charge in [-0.2, -0.15) is 5.10 Å². The number of rotatable bonds is 12. The van der Waals surface area contributed by atoms with Gasteiger partial charge < -0.3 is 9.84 Å². The van der Waals surface area contributed by atoms with Crippen LogP contribution in [-0.2, 0) is 21.4 Å². The molecule has 0 aliphatic carbocycles. The topological polar surface area (TPSA) is 77.2 Å². The maximum absolute atomic E-state index is 12.3. The Morgan fingerprint density at radius 3 is 2.46 bits per heavy atom. The lowest BCUT2D eigenvalue weighted by molar-refractivity contribution is -0.143. The van der Waals surface area contributed by atoms with Crippen molar-refractivity contribution in [3.05, 3.63) is 59.8 Å². The van der Waals surface area contributed by atoms with Crippen LogP contribution in [0.15, 0.2) is 48.7 Å². The highest BCUT2D eigenvalue weighted by atomic mass is 16.5. The number of nitrogens with zero attached hydrogens (tertiary/aromatic N) is 3. The Hall–Kier alpha value is -3.15. The van der Waals surface area contributed by atoms with Gasteiger partial charge in [0.25, 0.3) is 0 Å². The van der Waals surface area contributed by atoms with Gasteiger partial charge in [0.15, 0.2) is 0 Å².